The second kappa shape index (κ2) is 2.76. The van der Waals surface area contributed by atoms with Crippen LogP contribution in [-0.2, 0) is 11.2 Å². The Morgan fingerprint density at radius 2 is 2.38 bits per heavy atom. The first-order valence-electron chi connectivity index (χ1n) is 4.26. The van der Waals surface area contributed by atoms with Crippen LogP contribution in [0.25, 0.3) is 0 Å². The molecule has 0 aliphatic carbocycles. The van der Waals surface area contributed by atoms with Crippen LogP contribution in [0, 0.1) is 6.92 Å². The van der Waals surface area contributed by atoms with E-state index in [4.69, 9.17) is 5.11 Å². The number of hydrogen-bond donors (Lipinski definition) is 2. The first kappa shape index (κ1) is 8.10. The average Bonchev–Trinajstić information content (AvgIpc) is 2.49. The molecule has 13 heavy (non-hydrogen) atoms. The van der Waals surface area contributed by atoms with Crippen LogP contribution in [0.4, 0.5) is 5.69 Å². The fourth-order valence-corrected chi connectivity index (χ4v) is 1.70. The molecular weight excluding hydrogens is 166 g/mol. The van der Waals surface area contributed by atoms with Crippen molar-refractivity contribution in [1.29, 1.82) is 0 Å². The van der Waals surface area contributed by atoms with Crippen LogP contribution in [0.15, 0.2) is 18.2 Å². The molecule has 2 rings (SSSR count). The van der Waals surface area contributed by atoms with Crippen molar-refractivity contribution in [2.45, 2.75) is 19.4 Å². The number of carbonyl (C=O) groups is 1. The molecule has 0 radical (unpaired) electrons. The molecule has 0 amide bonds. The molecule has 0 fully saturated rings. The van der Waals surface area contributed by atoms with Crippen molar-refractivity contribution >= 4 is 11.7 Å². The van der Waals surface area contributed by atoms with Crippen molar-refractivity contribution in [1.82, 2.24) is 0 Å². The SMILES string of the molecule is Cc1cccc2c1C[C@H](C(=O)O)N2. The maximum atomic E-state index is 10.7. The van der Waals surface area contributed by atoms with Crippen LogP contribution in [0.5, 0.6) is 0 Å². The van der Waals surface area contributed by atoms with Crippen LogP contribution >= 0.6 is 0 Å². The van der Waals surface area contributed by atoms with Crippen molar-refractivity contribution in [2.75, 3.05) is 5.32 Å². The number of aliphatic carboxylic acids is 1. The summed E-state index contributed by atoms with van der Waals surface area (Å²) in [4.78, 5) is 10.7. The molecule has 68 valence electrons. The third-order valence-electron chi connectivity index (χ3n) is 2.45. The van der Waals surface area contributed by atoms with Gasteiger partial charge in [-0.1, -0.05) is 12.1 Å². The summed E-state index contributed by atoms with van der Waals surface area (Å²) >= 11 is 0. The van der Waals surface area contributed by atoms with E-state index in [1.165, 1.54) is 0 Å². The van der Waals surface area contributed by atoms with E-state index in [-0.39, 0.29) is 0 Å². The maximum Gasteiger partial charge on any atom is 0.326 e. The van der Waals surface area contributed by atoms with E-state index in [1.54, 1.807) is 0 Å². The molecule has 0 unspecified atom stereocenters. The van der Waals surface area contributed by atoms with E-state index in [2.05, 4.69) is 5.32 Å². The Labute approximate surface area is 76.4 Å². The van der Waals surface area contributed by atoms with Crippen molar-refractivity contribution in [2.24, 2.45) is 0 Å². The molecule has 0 saturated heterocycles. The summed E-state index contributed by atoms with van der Waals surface area (Å²) in [5, 5.41) is 11.8. The molecule has 1 aliphatic rings. The van der Waals surface area contributed by atoms with Gasteiger partial charge in [0.1, 0.15) is 6.04 Å². The summed E-state index contributed by atoms with van der Waals surface area (Å²) in [6.07, 6.45) is 0.595. The van der Waals surface area contributed by atoms with Gasteiger partial charge in [0.15, 0.2) is 0 Å². The zero-order valence-electron chi connectivity index (χ0n) is 7.37. The lowest BCUT2D eigenvalue weighted by Crippen LogP contribution is -2.26. The average molecular weight is 177 g/mol. The van der Waals surface area contributed by atoms with Gasteiger partial charge in [-0.05, 0) is 24.1 Å². The van der Waals surface area contributed by atoms with Crippen molar-refractivity contribution in [3.8, 4) is 0 Å². The maximum absolute atomic E-state index is 10.7. The van der Waals surface area contributed by atoms with Gasteiger partial charge in [-0.3, -0.25) is 0 Å². The van der Waals surface area contributed by atoms with E-state index >= 15 is 0 Å². The zero-order valence-corrected chi connectivity index (χ0v) is 7.37. The Morgan fingerprint density at radius 1 is 1.62 bits per heavy atom. The van der Waals surface area contributed by atoms with Gasteiger partial charge in [0, 0.05) is 12.1 Å². The monoisotopic (exact) mass is 177 g/mol. The number of carboxylic acids is 1. The fourth-order valence-electron chi connectivity index (χ4n) is 1.70. The topological polar surface area (TPSA) is 49.3 Å². The molecule has 2 N–H and O–H groups in total. The predicted molar refractivity (Wildman–Crippen MR) is 49.9 cm³/mol. The number of fused-ring (bicyclic) bond motifs is 1. The summed E-state index contributed by atoms with van der Waals surface area (Å²) in [5.74, 6) is -0.782. The van der Waals surface area contributed by atoms with Crippen LogP contribution in [0.1, 0.15) is 11.1 Å². The van der Waals surface area contributed by atoms with Crippen LogP contribution in [0.2, 0.25) is 0 Å². The van der Waals surface area contributed by atoms with Crippen LogP contribution in [-0.4, -0.2) is 17.1 Å². The molecule has 1 aromatic carbocycles. The highest BCUT2D eigenvalue weighted by molar-refractivity contribution is 5.81. The molecule has 1 aliphatic heterocycles. The lowest BCUT2D eigenvalue weighted by molar-refractivity contribution is -0.137. The minimum Gasteiger partial charge on any atom is -0.480 e. The Hall–Kier alpha value is -1.51. The normalized spacial score (nSPS) is 19.3. The van der Waals surface area contributed by atoms with Crippen LogP contribution in [0.3, 0.4) is 0 Å². The lowest BCUT2D eigenvalue weighted by Gasteiger charge is -2.03. The summed E-state index contributed by atoms with van der Waals surface area (Å²) in [6, 6.07) is 5.41. The Morgan fingerprint density at radius 3 is 3.00 bits per heavy atom. The Kier molecular flexibility index (Phi) is 1.72. The standard InChI is InChI=1S/C10H11NO2/c1-6-3-2-4-8-7(6)5-9(11-8)10(12)13/h2-4,9,11H,5H2,1H3,(H,12,13)/t9-/m1/s1. The number of aryl methyl sites for hydroxylation is 1. The second-order valence-electron chi connectivity index (χ2n) is 3.34. The Balaban J connectivity index is 2.35. The van der Waals surface area contributed by atoms with E-state index in [0.717, 1.165) is 16.8 Å². The number of nitrogens with one attached hydrogen (secondary N) is 1. The van der Waals surface area contributed by atoms with Gasteiger partial charge in [-0.15, -0.1) is 0 Å². The highest BCUT2D eigenvalue weighted by Crippen LogP contribution is 2.28. The lowest BCUT2D eigenvalue weighted by atomic mass is 10.0. The minimum absolute atomic E-state index is 0.448. The number of anilines is 1. The highest BCUT2D eigenvalue weighted by Gasteiger charge is 2.26. The first-order valence-corrected chi connectivity index (χ1v) is 4.26. The third kappa shape index (κ3) is 1.26. The zero-order chi connectivity index (χ0) is 9.42. The number of carboxylic acid groups (broad SMARTS) is 1. The highest BCUT2D eigenvalue weighted by atomic mass is 16.4. The van der Waals surface area contributed by atoms with Gasteiger partial charge in [-0.25, -0.2) is 4.79 Å². The largest absolute Gasteiger partial charge is 0.480 e. The van der Waals surface area contributed by atoms with Crippen molar-refractivity contribution in [3.05, 3.63) is 29.3 Å². The summed E-state index contributed by atoms with van der Waals surface area (Å²) in [7, 11) is 0. The van der Waals surface area contributed by atoms with Gasteiger partial charge in [0.25, 0.3) is 0 Å². The van der Waals surface area contributed by atoms with Crippen molar-refractivity contribution < 1.29 is 9.90 Å². The second-order valence-corrected chi connectivity index (χ2v) is 3.34. The van der Waals surface area contributed by atoms with Gasteiger partial charge < -0.3 is 10.4 Å². The summed E-state index contributed by atoms with van der Waals surface area (Å²) in [5.41, 5.74) is 3.26. The van der Waals surface area contributed by atoms with E-state index in [1.807, 2.05) is 25.1 Å². The molecule has 0 spiro atoms. The van der Waals surface area contributed by atoms with Crippen molar-refractivity contribution in [3.63, 3.8) is 0 Å². The van der Waals surface area contributed by atoms with Gasteiger partial charge in [0.2, 0.25) is 0 Å². The van der Waals surface area contributed by atoms with E-state index < -0.39 is 12.0 Å². The molecule has 3 heteroatoms. The smallest absolute Gasteiger partial charge is 0.326 e. The fraction of sp³-hybridized carbons (Fsp3) is 0.300. The van der Waals surface area contributed by atoms with Crippen LogP contribution < -0.4 is 5.32 Å². The molecule has 3 nitrogen and oxygen atoms in total. The number of rotatable bonds is 1. The van der Waals surface area contributed by atoms with E-state index in [9.17, 15) is 4.79 Å². The molecule has 1 atom stereocenters. The number of hydrogen-bond acceptors (Lipinski definition) is 2. The molecular formula is C10H11NO2. The Bertz CT molecular complexity index is 360. The van der Waals surface area contributed by atoms with Gasteiger partial charge in [-0.2, -0.15) is 0 Å². The molecule has 0 aromatic heterocycles. The predicted octanol–water partition coefficient (Wildman–Crippen LogP) is 1.42. The molecule has 0 saturated carbocycles. The molecule has 0 bridgehead atoms. The third-order valence-corrected chi connectivity index (χ3v) is 2.45. The summed E-state index contributed by atoms with van der Waals surface area (Å²) < 4.78 is 0. The first-order chi connectivity index (χ1) is 6.18. The summed E-state index contributed by atoms with van der Waals surface area (Å²) in [6.45, 7) is 2.00. The minimum atomic E-state index is -0.782. The van der Waals surface area contributed by atoms with Gasteiger partial charge in [0.05, 0.1) is 0 Å². The quantitative estimate of drug-likeness (QED) is 0.682. The van der Waals surface area contributed by atoms with E-state index in [0.29, 0.717) is 6.42 Å². The molecule has 1 heterocycles. The van der Waals surface area contributed by atoms with Gasteiger partial charge >= 0.3 is 5.97 Å². The molecule has 1 aromatic rings. The number of benzene rings is 1.